The molecule has 0 fully saturated rings. The SMILES string of the molecule is COc1c(C=O)cccc1-n1nnnc1C(F)(F)F. The van der Waals surface area contributed by atoms with E-state index in [2.05, 4.69) is 15.5 Å². The molecule has 1 heterocycles. The van der Waals surface area contributed by atoms with E-state index in [1.54, 1.807) is 0 Å². The number of aldehydes is 1. The number of rotatable bonds is 3. The highest BCUT2D eigenvalue weighted by molar-refractivity contribution is 5.81. The van der Waals surface area contributed by atoms with Gasteiger partial charge in [0.25, 0.3) is 5.82 Å². The van der Waals surface area contributed by atoms with Crippen LogP contribution >= 0.6 is 0 Å². The summed E-state index contributed by atoms with van der Waals surface area (Å²) in [5.41, 5.74) is 0.0352. The van der Waals surface area contributed by atoms with E-state index < -0.39 is 12.0 Å². The molecule has 0 radical (unpaired) electrons. The number of methoxy groups -OCH3 is 1. The number of nitrogens with zero attached hydrogens (tertiary/aromatic N) is 4. The van der Waals surface area contributed by atoms with Crippen LogP contribution in [0.2, 0.25) is 0 Å². The van der Waals surface area contributed by atoms with Crippen LogP contribution in [0.5, 0.6) is 5.75 Å². The molecule has 2 rings (SSSR count). The summed E-state index contributed by atoms with van der Waals surface area (Å²) in [5, 5.41) is 9.20. The van der Waals surface area contributed by atoms with Gasteiger partial charge in [-0.2, -0.15) is 17.9 Å². The number of benzene rings is 1. The summed E-state index contributed by atoms with van der Waals surface area (Å²) in [7, 11) is 1.24. The molecule has 100 valence electrons. The zero-order chi connectivity index (χ0) is 14.0. The Balaban J connectivity index is 2.66. The Kier molecular flexibility index (Phi) is 3.19. The van der Waals surface area contributed by atoms with Gasteiger partial charge in [-0.1, -0.05) is 6.07 Å². The van der Waals surface area contributed by atoms with Crippen molar-refractivity contribution in [2.24, 2.45) is 0 Å². The highest BCUT2D eigenvalue weighted by Gasteiger charge is 2.39. The van der Waals surface area contributed by atoms with E-state index in [4.69, 9.17) is 4.74 Å². The Morgan fingerprint density at radius 1 is 1.37 bits per heavy atom. The minimum Gasteiger partial charge on any atom is -0.494 e. The molecule has 0 spiro atoms. The molecule has 0 amide bonds. The molecule has 0 atom stereocenters. The summed E-state index contributed by atoms with van der Waals surface area (Å²) in [6.45, 7) is 0. The first kappa shape index (κ1) is 13.0. The minimum atomic E-state index is -4.72. The molecule has 0 aliphatic rings. The van der Waals surface area contributed by atoms with Crippen LogP contribution in [0.3, 0.4) is 0 Å². The molecular weight excluding hydrogens is 265 g/mol. The fourth-order valence-electron chi connectivity index (χ4n) is 1.55. The Labute approximate surface area is 104 Å². The first-order valence-corrected chi connectivity index (χ1v) is 4.97. The van der Waals surface area contributed by atoms with Crippen molar-refractivity contribution in [1.29, 1.82) is 0 Å². The summed E-state index contributed by atoms with van der Waals surface area (Å²) in [6.07, 6.45) is -4.24. The van der Waals surface area contributed by atoms with Crippen molar-refractivity contribution in [3.63, 3.8) is 0 Å². The van der Waals surface area contributed by atoms with E-state index >= 15 is 0 Å². The van der Waals surface area contributed by atoms with Crippen molar-refractivity contribution in [3.05, 3.63) is 29.6 Å². The lowest BCUT2D eigenvalue weighted by atomic mass is 10.2. The van der Waals surface area contributed by atoms with Crippen LogP contribution in [-0.2, 0) is 6.18 Å². The summed E-state index contributed by atoms with van der Waals surface area (Å²) in [4.78, 5) is 10.8. The van der Waals surface area contributed by atoms with E-state index in [1.807, 2.05) is 0 Å². The third-order valence-electron chi connectivity index (χ3n) is 2.31. The molecule has 0 saturated heterocycles. The number of para-hydroxylation sites is 1. The van der Waals surface area contributed by atoms with Crippen LogP contribution in [0.25, 0.3) is 5.69 Å². The van der Waals surface area contributed by atoms with Gasteiger partial charge < -0.3 is 4.74 Å². The number of hydrogen-bond acceptors (Lipinski definition) is 5. The molecule has 9 heteroatoms. The second-order valence-corrected chi connectivity index (χ2v) is 3.43. The topological polar surface area (TPSA) is 69.9 Å². The Bertz CT molecular complexity index is 609. The van der Waals surface area contributed by atoms with Crippen LogP contribution in [0, 0.1) is 0 Å². The smallest absolute Gasteiger partial charge is 0.453 e. The largest absolute Gasteiger partial charge is 0.494 e. The van der Waals surface area contributed by atoms with Gasteiger partial charge in [-0.3, -0.25) is 4.79 Å². The maximum Gasteiger partial charge on any atom is 0.453 e. The number of halogens is 3. The van der Waals surface area contributed by atoms with Crippen LogP contribution in [0.15, 0.2) is 18.2 Å². The van der Waals surface area contributed by atoms with Gasteiger partial charge in [0.05, 0.1) is 12.7 Å². The average Bonchev–Trinajstić information content (AvgIpc) is 2.86. The molecule has 19 heavy (non-hydrogen) atoms. The van der Waals surface area contributed by atoms with Crippen LogP contribution in [0.4, 0.5) is 13.2 Å². The van der Waals surface area contributed by atoms with Gasteiger partial charge in [-0.25, -0.2) is 0 Å². The lowest BCUT2D eigenvalue weighted by Gasteiger charge is -2.12. The lowest BCUT2D eigenvalue weighted by Crippen LogP contribution is -2.15. The molecule has 0 N–H and O–H groups in total. The molecular formula is C10H7F3N4O2. The van der Waals surface area contributed by atoms with Crippen LogP contribution < -0.4 is 4.74 Å². The van der Waals surface area contributed by atoms with Crippen molar-refractivity contribution < 1.29 is 22.7 Å². The van der Waals surface area contributed by atoms with Gasteiger partial charge in [0.2, 0.25) is 0 Å². The van der Waals surface area contributed by atoms with Crippen molar-refractivity contribution in [1.82, 2.24) is 20.2 Å². The molecule has 0 aliphatic carbocycles. The van der Waals surface area contributed by atoms with Crippen molar-refractivity contribution in [2.45, 2.75) is 6.18 Å². The molecule has 6 nitrogen and oxygen atoms in total. The highest BCUT2D eigenvalue weighted by Crippen LogP contribution is 2.32. The van der Waals surface area contributed by atoms with Gasteiger partial charge in [-0.05, 0) is 22.6 Å². The first-order valence-electron chi connectivity index (χ1n) is 4.97. The molecule has 1 aromatic heterocycles. The number of aromatic nitrogens is 4. The van der Waals surface area contributed by atoms with E-state index in [0.29, 0.717) is 11.0 Å². The molecule has 1 aromatic carbocycles. The van der Waals surface area contributed by atoms with Gasteiger partial charge >= 0.3 is 6.18 Å². The van der Waals surface area contributed by atoms with Crippen LogP contribution in [-0.4, -0.2) is 33.6 Å². The Morgan fingerprint density at radius 2 is 2.11 bits per heavy atom. The second kappa shape index (κ2) is 4.67. The molecule has 0 saturated carbocycles. The standard InChI is InChI=1S/C10H7F3N4O2/c1-19-8-6(5-18)3-2-4-7(8)17-9(10(11,12)13)14-15-16-17/h2-5H,1H3. The van der Waals surface area contributed by atoms with E-state index in [0.717, 1.165) is 0 Å². The monoisotopic (exact) mass is 272 g/mol. The summed E-state index contributed by atoms with van der Waals surface area (Å²) in [5.74, 6) is -1.33. The number of tetrazole rings is 1. The minimum absolute atomic E-state index is 0.0321. The van der Waals surface area contributed by atoms with Gasteiger partial charge in [0, 0.05) is 0 Å². The van der Waals surface area contributed by atoms with Gasteiger partial charge in [0.15, 0.2) is 12.0 Å². The van der Waals surface area contributed by atoms with Gasteiger partial charge in [0.1, 0.15) is 5.69 Å². The van der Waals surface area contributed by atoms with Crippen molar-refractivity contribution in [3.8, 4) is 11.4 Å². The number of carbonyl (C=O) groups is 1. The second-order valence-electron chi connectivity index (χ2n) is 3.43. The quantitative estimate of drug-likeness (QED) is 0.792. The zero-order valence-corrected chi connectivity index (χ0v) is 9.55. The highest BCUT2D eigenvalue weighted by atomic mass is 19.4. The maximum absolute atomic E-state index is 12.7. The average molecular weight is 272 g/mol. The molecule has 2 aromatic rings. The number of alkyl halides is 3. The fourth-order valence-corrected chi connectivity index (χ4v) is 1.55. The van der Waals surface area contributed by atoms with E-state index in [9.17, 15) is 18.0 Å². The predicted molar refractivity (Wildman–Crippen MR) is 56.1 cm³/mol. The number of carbonyl (C=O) groups excluding carboxylic acids is 1. The van der Waals surface area contributed by atoms with Crippen molar-refractivity contribution in [2.75, 3.05) is 7.11 Å². The number of ether oxygens (including phenoxy) is 1. The van der Waals surface area contributed by atoms with Crippen molar-refractivity contribution >= 4 is 6.29 Å². The molecule has 0 unspecified atom stereocenters. The Hall–Kier alpha value is -2.45. The normalized spacial score (nSPS) is 11.4. The molecule has 0 aliphatic heterocycles. The summed E-state index contributed by atoms with van der Waals surface area (Å²) < 4.78 is 43.6. The fraction of sp³-hybridized carbons (Fsp3) is 0.200. The molecule has 0 bridgehead atoms. The third kappa shape index (κ3) is 2.26. The van der Waals surface area contributed by atoms with E-state index in [-0.39, 0.29) is 17.0 Å². The van der Waals surface area contributed by atoms with Crippen LogP contribution in [0.1, 0.15) is 16.2 Å². The lowest BCUT2D eigenvalue weighted by molar-refractivity contribution is -0.146. The summed E-state index contributed by atoms with van der Waals surface area (Å²) >= 11 is 0. The van der Waals surface area contributed by atoms with Gasteiger partial charge in [-0.15, -0.1) is 5.10 Å². The Morgan fingerprint density at radius 3 is 2.68 bits per heavy atom. The number of hydrogen-bond donors (Lipinski definition) is 0. The summed E-state index contributed by atoms with van der Waals surface area (Å²) in [6, 6.07) is 4.13. The maximum atomic E-state index is 12.7. The third-order valence-corrected chi connectivity index (χ3v) is 2.31. The zero-order valence-electron chi connectivity index (χ0n) is 9.55. The van der Waals surface area contributed by atoms with E-state index in [1.165, 1.54) is 25.3 Å². The first-order chi connectivity index (χ1) is 8.99. The predicted octanol–water partition coefficient (Wildman–Crippen LogP) is 1.50.